The Balaban J connectivity index is 2.08. The van der Waals surface area contributed by atoms with Gasteiger partial charge in [0.25, 0.3) is 0 Å². The Bertz CT molecular complexity index is 432. The Labute approximate surface area is 96.8 Å². The second kappa shape index (κ2) is 3.01. The Morgan fingerprint density at radius 3 is 2.62 bits per heavy atom. The standard InChI is InChI=1S/C14H19NO/c1-13(2)7-6-10-4-3-5-11(12(10)16-13)14(15)8-9-14/h3-5H,6-9,15H2,1-2H3. The molecule has 0 bridgehead atoms. The zero-order valence-corrected chi connectivity index (χ0v) is 10.0. The molecule has 0 atom stereocenters. The zero-order valence-electron chi connectivity index (χ0n) is 10.0. The van der Waals surface area contributed by atoms with Crippen LogP contribution in [0.2, 0.25) is 0 Å². The van der Waals surface area contributed by atoms with E-state index in [1.165, 1.54) is 11.1 Å². The molecule has 0 radical (unpaired) electrons. The first kappa shape index (κ1) is 10.2. The maximum absolute atomic E-state index is 6.30. The molecular weight excluding hydrogens is 198 g/mol. The number of hydrogen-bond acceptors (Lipinski definition) is 2. The minimum absolute atomic E-state index is 0.0473. The lowest BCUT2D eigenvalue weighted by Gasteiger charge is -2.34. The Morgan fingerprint density at radius 1 is 1.19 bits per heavy atom. The molecule has 0 unspecified atom stereocenters. The number of hydrogen-bond donors (Lipinski definition) is 1. The van der Waals surface area contributed by atoms with Gasteiger partial charge in [-0.25, -0.2) is 0 Å². The van der Waals surface area contributed by atoms with E-state index in [0.29, 0.717) is 0 Å². The lowest BCUT2D eigenvalue weighted by Crippen LogP contribution is -2.34. The monoisotopic (exact) mass is 217 g/mol. The molecule has 3 rings (SSSR count). The van der Waals surface area contributed by atoms with E-state index in [1.54, 1.807) is 0 Å². The van der Waals surface area contributed by atoms with Gasteiger partial charge in [0.1, 0.15) is 11.4 Å². The topological polar surface area (TPSA) is 35.2 Å². The second-order valence-electron chi connectivity index (χ2n) is 5.81. The summed E-state index contributed by atoms with van der Waals surface area (Å²) in [7, 11) is 0. The molecule has 1 heterocycles. The van der Waals surface area contributed by atoms with Gasteiger partial charge in [-0.1, -0.05) is 18.2 Å². The molecule has 1 fully saturated rings. The molecule has 16 heavy (non-hydrogen) atoms. The number of fused-ring (bicyclic) bond motifs is 1. The summed E-state index contributed by atoms with van der Waals surface area (Å²) in [6.45, 7) is 4.31. The van der Waals surface area contributed by atoms with E-state index in [-0.39, 0.29) is 11.1 Å². The summed E-state index contributed by atoms with van der Waals surface area (Å²) in [6, 6.07) is 6.41. The van der Waals surface area contributed by atoms with Crippen LogP contribution in [0.4, 0.5) is 0 Å². The molecule has 0 spiro atoms. The van der Waals surface area contributed by atoms with Crippen LogP contribution in [0.3, 0.4) is 0 Å². The van der Waals surface area contributed by atoms with Gasteiger partial charge < -0.3 is 10.5 Å². The number of para-hydroxylation sites is 1. The predicted octanol–water partition coefficient (Wildman–Crippen LogP) is 2.74. The molecule has 2 aliphatic rings. The summed E-state index contributed by atoms with van der Waals surface area (Å²) < 4.78 is 6.14. The summed E-state index contributed by atoms with van der Waals surface area (Å²) in [6.07, 6.45) is 4.37. The quantitative estimate of drug-likeness (QED) is 0.785. The van der Waals surface area contributed by atoms with Crippen LogP contribution >= 0.6 is 0 Å². The van der Waals surface area contributed by atoms with Crippen LogP contribution in [0.1, 0.15) is 44.2 Å². The lowest BCUT2D eigenvalue weighted by atomic mass is 9.90. The molecule has 1 aliphatic heterocycles. The molecule has 2 N–H and O–H groups in total. The van der Waals surface area contributed by atoms with E-state index in [9.17, 15) is 0 Å². The average Bonchev–Trinajstić information content (AvgIpc) is 2.95. The molecule has 2 heteroatoms. The molecule has 0 saturated heterocycles. The summed E-state index contributed by atoms with van der Waals surface area (Å²) in [5.41, 5.74) is 8.70. The van der Waals surface area contributed by atoms with Gasteiger partial charge in [0.05, 0.1) is 0 Å². The van der Waals surface area contributed by atoms with Crippen molar-refractivity contribution in [3.8, 4) is 5.75 Å². The molecule has 1 saturated carbocycles. The molecular formula is C14H19NO. The summed E-state index contributed by atoms with van der Waals surface area (Å²) in [5, 5.41) is 0. The summed E-state index contributed by atoms with van der Waals surface area (Å²) >= 11 is 0. The molecule has 86 valence electrons. The van der Waals surface area contributed by atoms with E-state index >= 15 is 0 Å². The van der Waals surface area contributed by atoms with Crippen LogP contribution in [0.25, 0.3) is 0 Å². The van der Waals surface area contributed by atoms with Crippen molar-refractivity contribution < 1.29 is 4.74 Å². The van der Waals surface area contributed by atoms with Crippen molar-refractivity contribution in [2.45, 2.75) is 50.7 Å². The van der Waals surface area contributed by atoms with Gasteiger partial charge in [0.2, 0.25) is 0 Å². The highest BCUT2D eigenvalue weighted by molar-refractivity contribution is 5.49. The van der Waals surface area contributed by atoms with Crippen LogP contribution in [0.15, 0.2) is 18.2 Å². The van der Waals surface area contributed by atoms with Crippen molar-refractivity contribution in [1.29, 1.82) is 0 Å². The van der Waals surface area contributed by atoms with Crippen molar-refractivity contribution in [3.05, 3.63) is 29.3 Å². The highest BCUT2D eigenvalue weighted by Crippen LogP contribution is 2.49. The van der Waals surface area contributed by atoms with Gasteiger partial charge in [-0.3, -0.25) is 0 Å². The van der Waals surface area contributed by atoms with E-state index in [2.05, 4.69) is 32.0 Å². The highest BCUT2D eigenvalue weighted by Gasteiger charge is 2.44. The number of ether oxygens (including phenoxy) is 1. The van der Waals surface area contributed by atoms with Gasteiger partial charge in [0, 0.05) is 11.1 Å². The number of rotatable bonds is 1. The fourth-order valence-corrected chi connectivity index (χ4v) is 2.46. The van der Waals surface area contributed by atoms with Crippen LogP contribution < -0.4 is 10.5 Å². The largest absolute Gasteiger partial charge is 0.487 e. The fraction of sp³-hybridized carbons (Fsp3) is 0.571. The van der Waals surface area contributed by atoms with Crippen molar-refractivity contribution in [2.75, 3.05) is 0 Å². The Hall–Kier alpha value is -1.02. The van der Waals surface area contributed by atoms with Gasteiger partial charge in [0.15, 0.2) is 0 Å². The van der Waals surface area contributed by atoms with Crippen LogP contribution in [0, 0.1) is 0 Å². The third-order valence-corrected chi connectivity index (χ3v) is 3.80. The van der Waals surface area contributed by atoms with Gasteiger partial charge in [-0.05, 0) is 45.1 Å². The molecule has 0 amide bonds. The molecule has 0 aromatic heterocycles. The maximum atomic E-state index is 6.30. The fourth-order valence-electron chi connectivity index (χ4n) is 2.46. The SMILES string of the molecule is CC1(C)CCc2cccc(C3(N)CC3)c2O1. The van der Waals surface area contributed by atoms with Crippen molar-refractivity contribution in [3.63, 3.8) is 0 Å². The zero-order chi connectivity index (χ0) is 11.4. The molecule has 1 aliphatic carbocycles. The molecule has 1 aromatic carbocycles. The average molecular weight is 217 g/mol. The minimum Gasteiger partial charge on any atom is -0.487 e. The van der Waals surface area contributed by atoms with Crippen molar-refractivity contribution >= 4 is 0 Å². The third kappa shape index (κ3) is 1.52. The van der Waals surface area contributed by atoms with Gasteiger partial charge in [-0.2, -0.15) is 0 Å². The third-order valence-electron chi connectivity index (χ3n) is 3.80. The van der Waals surface area contributed by atoms with Crippen molar-refractivity contribution in [1.82, 2.24) is 0 Å². The normalized spacial score (nSPS) is 24.4. The first-order valence-corrected chi connectivity index (χ1v) is 6.11. The Kier molecular flexibility index (Phi) is 1.91. The van der Waals surface area contributed by atoms with Gasteiger partial charge >= 0.3 is 0 Å². The molecule has 1 aromatic rings. The molecule has 2 nitrogen and oxygen atoms in total. The van der Waals surface area contributed by atoms with Crippen LogP contribution in [-0.4, -0.2) is 5.60 Å². The Morgan fingerprint density at radius 2 is 1.94 bits per heavy atom. The maximum Gasteiger partial charge on any atom is 0.128 e. The number of aryl methyl sites for hydroxylation is 1. The highest BCUT2D eigenvalue weighted by atomic mass is 16.5. The van der Waals surface area contributed by atoms with E-state index in [1.807, 2.05) is 0 Å². The second-order valence-corrected chi connectivity index (χ2v) is 5.81. The van der Waals surface area contributed by atoms with Crippen LogP contribution in [-0.2, 0) is 12.0 Å². The van der Waals surface area contributed by atoms with E-state index in [0.717, 1.165) is 31.4 Å². The van der Waals surface area contributed by atoms with Crippen molar-refractivity contribution in [2.24, 2.45) is 5.73 Å². The number of benzene rings is 1. The van der Waals surface area contributed by atoms with Gasteiger partial charge in [-0.15, -0.1) is 0 Å². The first-order chi connectivity index (χ1) is 7.50. The first-order valence-electron chi connectivity index (χ1n) is 6.11. The predicted molar refractivity (Wildman–Crippen MR) is 64.6 cm³/mol. The lowest BCUT2D eigenvalue weighted by molar-refractivity contribution is 0.0825. The smallest absolute Gasteiger partial charge is 0.128 e. The minimum atomic E-state index is -0.0984. The van der Waals surface area contributed by atoms with E-state index in [4.69, 9.17) is 10.5 Å². The summed E-state index contributed by atoms with van der Waals surface area (Å²) in [5.74, 6) is 1.07. The summed E-state index contributed by atoms with van der Waals surface area (Å²) in [4.78, 5) is 0. The van der Waals surface area contributed by atoms with Crippen LogP contribution in [0.5, 0.6) is 5.75 Å². The number of nitrogens with two attached hydrogens (primary N) is 1. The van der Waals surface area contributed by atoms with E-state index < -0.39 is 0 Å².